The van der Waals surface area contributed by atoms with E-state index in [0.29, 0.717) is 11.1 Å². The van der Waals surface area contributed by atoms with Crippen molar-refractivity contribution in [3.63, 3.8) is 0 Å². The van der Waals surface area contributed by atoms with Crippen molar-refractivity contribution in [3.05, 3.63) is 119 Å². The summed E-state index contributed by atoms with van der Waals surface area (Å²) in [5.74, 6) is 1.66. The topological polar surface area (TPSA) is 46.7 Å². The van der Waals surface area contributed by atoms with Crippen LogP contribution in [0.25, 0.3) is 9.96 Å². The van der Waals surface area contributed by atoms with Gasteiger partial charge >= 0.3 is 26.2 Å². The largest absolute Gasteiger partial charge is 4.00 e. The van der Waals surface area contributed by atoms with Crippen LogP contribution in [0.5, 0.6) is 0 Å². The zero-order valence-corrected chi connectivity index (χ0v) is 36.4. The van der Waals surface area contributed by atoms with Crippen LogP contribution in [0.3, 0.4) is 0 Å². The molecule has 0 N–H and O–H groups in total. The molecule has 0 amide bonds. The minimum Gasteiger partial charge on any atom is -0.688 e. The molecule has 0 saturated heterocycles. The van der Waals surface area contributed by atoms with Crippen LogP contribution in [0, 0.1) is 12.8 Å². The third kappa shape index (κ3) is 13.7. The Morgan fingerprint density at radius 3 is 1.22 bits per heavy atom. The van der Waals surface area contributed by atoms with Gasteiger partial charge in [-0.05, 0) is 39.3 Å². The normalized spacial score (nSPS) is 19.5. The monoisotopic (exact) mass is 764 g/mol. The summed E-state index contributed by atoms with van der Waals surface area (Å²) in [6.45, 7) is 26.5. The van der Waals surface area contributed by atoms with Crippen molar-refractivity contribution in [1.29, 1.82) is 0 Å². The molecule has 4 unspecified atom stereocenters. The number of benzene rings is 3. The molecule has 0 bridgehead atoms. The number of hydrogen-bond acceptors (Lipinski definition) is 2. The Bertz CT molecular complexity index is 1180. The Hall–Kier alpha value is -1.20. The summed E-state index contributed by atoms with van der Waals surface area (Å²) < 4.78 is 12.8. The maximum absolute atomic E-state index is 6.40. The van der Waals surface area contributed by atoms with Crippen molar-refractivity contribution in [3.8, 4) is 0 Å². The van der Waals surface area contributed by atoms with Gasteiger partial charge in [0.05, 0.1) is 0 Å². The summed E-state index contributed by atoms with van der Waals surface area (Å²) in [4.78, 5) is 11.1. The number of hydrogen-bond donors (Lipinski definition) is 0. The summed E-state index contributed by atoms with van der Waals surface area (Å²) in [7, 11) is -7.24. The van der Waals surface area contributed by atoms with Gasteiger partial charge in [0.2, 0.25) is 0 Å². The van der Waals surface area contributed by atoms with Crippen LogP contribution in [-0.4, -0.2) is 46.3 Å². The Kier molecular flexibility index (Phi) is 16.5. The van der Waals surface area contributed by atoms with E-state index in [0.717, 1.165) is 42.2 Å². The van der Waals surface area contributed by atoms with E-state index in [9.17, 15) is 0 Å². The minimum atomic E-state index is -2.05. The fraction of sp³-hybridized carbons (Fsp3) is 0.459. The van der Waals surface area contributed by atoms with E-state index in [4.69, 9.17) is 18.8 Å². The van der Waals surface area contributed by atoms with Crippen LogP contribution in [0.4, 0.5) is 11.4 Å². The molecular weight excluding hydrogens is 708 g/mol. The molecule has 0 aromatic heterocycles. The quantitative estimate of drug-likeness (QED) is 0.121. The molecule has 1 aliphatic rings. The summed E-state index contributed by atoms with van der Waals surface area (Å²) in [6.07, 6.45) is 2.45. The van der Waals surface area contributed by atoms with Gasteiger partial charge in [0, 0.05) is 13.2 Å². The summed E-state index contributed by atoms with van der Waals surface area (Å²) >= 11 is 0. The smallest absolute Gasteiger partial charge is 0.688 e. The second kappa shape index (κ2) is 18.5. The van der Waals surface area contributed by atoms with Gasteiger partial charge in [0.25, 0.3) is 0 Å². The molecule has 248 valence electrons. The van der Waals surface area contributed by atoms with Gasteiger partial charge in [-0.2, -0.15) is 42.6 Å². The summed E-state index contributed by atoms with van der Waals surface area (Å²) in [5.41, 5.74) is 4.46. The van der Waals surface area contributed by atoms with Crippen LogP contribution in [-0.2, 0) is 35.1 Å². The summed E-state index contributed by atoms with van der Waals surface area (Å²) in [5, 5.41) is 0. The van der Waals surface area contributed by atoms with E-state index in [1.54, 1.807) is 5.92 Å². The van der Waals surface area contributed by atoms with Gasteiger partial charge in [-0.3, -0.25) is 0 Å². The van der Waals surface area contributed by atoms with Crippen molar-refractivity contribution in [2.75, 3.05) is 13.2 Å². The SMILES string of the molecule is C[C-]1C([Si](C)(CCO[Si](C)(C)C)[N-]c2ccccc2)CCC1[Si](C)(CCO[Si](C)(C)C)[N-]c1ccccc1.[CH2-]c1ccccc1.[Zr+4]. The van der Waals surface area contributed by atoms with Crippen molar-refractivity contribution in [1.82, 2.24) is 0 Å². The first-order valence-electron chi connectivity index (χ1n) is 16.6. The van der Waals surface area contributed by atoms with E-state index < -0.39 is 33.1 Å². The van der Waals surface area contributed by atoms with Gasteiger partial charge in [-0.1, -0.05) is 121 Å². The molecule has 4 nitrogen and oxygen atoms in total. The van der Waals surface area contributed by atoms with Crippen molar-refractivity contribution in [2.45, 2.75) is 95.3 Å². The first kappa shape index (κ1) is 41.0. The van der Waals surface area contributed by atoms with Gasteiger partial charge in [0.15, 0.2) is 16.6 Å². The predicted octanol–water partition coefficient (Wildman–Crippen LogP) is 12.2. The van der Waals surface area contributed by atoms with Gasteiger partial charge in [0.1, 0.15) is 0 Å². The molecule has 1 aliphatic carbocycles. The van der Waals surface area contributed by atoms with E-state index in [1.807, 2.05) is 30.3 Å². The van der Waals surface area contributed by atoms with E-state index >= 15 is 0 Å². The Balaban J connectivity index is 0.000000811. The average molecular weight is 766 g/mol. The molecular formula is C37H58N2O2Si4Zr. The van der Waals surface area contributed by atoms with E-state index in [2.05, 4.69) is 127 Å². The molecule has 4 rings (SSSR count). The van der Waals surface area contributed by atoms with Crippen LogP contribution in [0.15, 0.2) is 91.0 Å². The van der Waals surface area contributed by atoms with Crippen LogP contribution in [0.2, 0.25) is 75.5 Å². The third-order valence-electron chi connectivity index (χ3n) is 8.76. The molecule has 1 fully saturated rings. The van der Waals surface area contributed by atoms with Crippen LogP contribution >= 0.6 is 0 Å². The molecule has 0 aliphatic heterocycles. The van der Waals surface area contributed by atoms with Crippen LogP contribution in [0.1, 0.15) is 25.3 Å². The van der Waals surface area contributed by atoms with Gasteiger partial charge < -0.3 is 24.7 Å². The number of rotatable bonds is 14. The summed E-state index contributed by atoms with van der Waals surface area (Å²) in [6, 6.07) is 33.3. The molecule has 0 spiro atoms. The van der Waals surface area contributed by atoms with Crippen LogP contribution < -0.4 is 0 Å². The fourth-order valence-electron chi connectivity index (χ4n) is 6.45. The molecule has 46 heavy (non-hydrogen) atoms. The number of nitrogens with zero attached hydrogens (tertiary/aromatic N) is 2. The molecule has 1 saturated carbocycles. The third-order valence-corrected chi connectivity index (χ3v) is 19.4. The predicted molar refractivity (Wildman–Crippen MR) is 207 cm³/mol. The van der Waals surface area contributed by atoms with Crippen molar-refractivity contribution >= 4 is 44.5 Å². The minimum absolute atomic E-state index is 0. The molecule has 9 heteroatoms. The molecule has 4 atom stereocenters. The Labute approximate surface area is 305 Å². The zero-order valence-electron chi connectivity index (χ0n) is 30.0. The first-order chi connectivity index (χ1) is 21.1. The van der Waals surface area contributed by atoms with E-state index in [-0.39, 0.29) is 26.2 Å². The first-order valence-corrected chi connectivity index (χ1v) is 28.9. The van der Waals surface area contributed by atoms with Crippen molar-refractivity contribution < 1.29 is 35.1 Å². The second-order valence-corrected chi connectivity index (χ2v) is 32.2. The van der Waals surface area contributed by atoms with E-state index in [1.165, 1.54) is 12.8 Å². The molecule has 3 aromatic carbocycles. The fourth-order valence-corrected chi connectivity index (χ4v) is 16.1. The second-order valence-electron chi connectivity index (χ2n) is 14.9. The maximum Gasteiger partial charge on any atom is 4.00 e. The zero-order chi connectivity index (χ0) is 33.1. The maximum atomic E-state index is 6.40. The Morgan fingerprint density at radius 1 is 0.609 bits per heavy atom. The van der Waals surface area contributed by atoms with Crippen molar-refractivity contribution in [2.24, 2.45) is 0 Å². The molecule has 0 radical (unpaired) electrons. The molecule has 0 heterocycles. The standard InChI is InChI=1S/C30H51N2O2Si4.C7H7.Zr/c1-26-29(37(8,24-22-33-35(2,3)4)31-27-16-12-10-13-17-27)20-21-30(26)38(9,25-23-34-36(5,6)7)32-28-18-14-11-15-19-28;1-7-5-3-2-4-6-7;/h10-19,29-30H,20-25H2,1-9H3;2-6H,1H2;/q-3;-1;+4. The molecule has 3 aromatic rings. The Morgan fingerprint density at radius 2 is 0.935 bits per heavy atom. The van der Waals surface area contributed by atoms with Gasteiger partial charge in [-0.15, -0.1) is 23.5 Å². The van der Waals surface area contributed by atoms with Gasteiger partial charge in [-0.25, -0.2) is 0 Å². The average Bonchev–Trinajstić information content (AvgIpc) is 3.36.